The molecular formula is C26H28N2O3. The van der Waals surface area contributed by atoms with Crippen LogP contribution in [0.15, 0.2) is 66.7 Å². The fraction of sp³-hybridized carbons (Fsp3) is 0.269. The molecule has 0 unspecified atom stereocenters. The second-order valence-corrected chi connectivity index (χ2v) is 7.94. The second kappa shape index (κ2) is 9.23. The lowest BCUT2D eigenvalue weighted by Gasteiger charge is -2.16. The topological polar surface area (TPSA) is 56.5 Å². The molecule has 1 N–H and O–H groups in total. The summed E-state index contributed by atoms with van der Waals surface area (Å²) in [7, 11) is 0. The lowest BCUT2D eigenvalue weighted by molar-refractivity contribution is 0.0917. The van der Waals surface area contributed by atoms with Crippen LogP contribution in [0.2, 0.25) is 0 Å². The first kappa shape index (κ1) is 20.9. The van der Waals surface area contributed by atoms with Crippen molar-refractivity contribution in [1.29, 1.82) is 0 Å². The van der Waals surface area contributed by atoms with Gasteiger partial charge in [0.25, 0.3) is 0 Å². The van der Waals surface area contributed by atoms with Crippen molar-refractivity contribution in [2.24, 2.45) is 0 Å². The number of nitrogens with zero attached hydrogens (tertiary/aromatic N) is 2. The molecule has 0 fully saturated rings. The Kier molecular flexibility index (Phi) is 6.23. The summed E-state index contributed by atoms with van der Waals surface area (Å²) in [5.41, 5.74) is 5.38. The number of rotatable bonds is 8. The summed E-state index contributed by atoms with van der Waals surface area (Å²) in [5, 5.41) is 10.7. The summed E-state index contributed by atoms with van der Waals surface area (Å²) in [6.45, 7) is 7.05. The minimum Gasteiger partial charge on any atom is -0.491 e. The monoisotopic (exact) mass is 416 g/mol. The molecule has 5 nitrogen and oxygen atoms in total. The van der Waals surface area contributed by atoms with Crippen molar-refractivity contribution in [2.75, 3.05) is 6.61 Å². The molecule has 3 aromatic carbocycles. The fourth-order valence-corrected chi connectivity index (χ4v) is 3.55. The maximum absolute atomic E-state index is 10.7. The van der Waals surface area contributed by atoms with Crippen molar-refractivity contribution < 1.29 is 14.6 Å². The van der Waals surface area contributed by atoms with Crippen LogP contribution in [0.4, 0.5) is 0 Å². The number of aliphatic hydroxyl groups is 1. The number of hydrogen-bond donors (Lipinski definition) is 1. The minimum absolute atomic E-state index is 0.202. The van der Waals surface area contributed by atoms with Gasteiger partial charge in [0, 0.05) is 0 Å². The molecule has 160 valence electrons. The van der Waals surface area contributed by atoms with Crippen LogP contribution < -0.4 is 9.47 Å². The van der Waals surface area contributed by atoms with Crippen molar-refractivity contribution in [3.63, 3.8) is 0 Å². The Bertz CT molecular complexity index is 1180. The van der Waals surface area contributed by atoms with Crippen LogP contribution >= 0.6 is 0 Å². The third-order valence-corrected chi connectivity index (χ3v) is 5.41. The third kappa shape index (κ3) is 5.06. The maximum Gasteiger partial charge on any atom is 0.148 e. The first-order valence-electron chi connectivity index (χ1n) is 10.5. The molecule has 1 heterocycles. The van der Waals surface area contributed by atoms with E-state index in [-0.39, 0.29) is 6.61 Å². The number of ether oxygens (including phenoxy) is 2. The lowest BCUT2D eigenvalue weighted by atomic mass is 10.1. The average Bonchev–Trinajstić information content (AvgIpc) is 3.10. The summed E-state index contributed by atoms with van der Waals surface area (Å²) < 4.78 is 13.8. The Hall–Kier alpha value is -3.31. The second-order valence-electron chi connectivity index (χ2n) is 7.94. The molecule has 0 radical (unpaired) electrons. The van der Waals surface area contributed by atoms with Crippen LogP contribution in [0.5, 0.6) is 11.5 Å². The zero-order valence-electron chi connectivity index (χ0n) is 18.2. The molecule has 0 aliphatic rings. The SMILES string of the molecule is Cc1cccc(OCc2nc3ccccc3n2C[C@H](O)COc2ccc(C)c(C)c2)c1. The summed E-state index contributed by atoms with van der Waals surface area (Å²) in [6, 6.07) is 21.8. The highest BCUT2D eigenvalue weighted by Gasteiger charge is 2.15. The van der Waals surface area contributed by atoms with E-state index in [2.05, 4.69) is 13.8 Å². The van der Waals surface area contributed by atoms with Crippen LogP contribution in [0.25, 0.3) is 11.0 Å². The van der Waals surface area contributed by atoms with Crippen LogP contribution in [0.1, 0.15) is 22.5 Å². The molecule has 0 saturated heterocycles. The molecule has 1 aromatic heterocycles. The lowest BCUT2D eigenvalue weighted by Crippen LogP contribution is -2.25. The predicted molar refractivity (Wildman–Crippen MR) is 123 cm³/mol. The van der Waals surface area contributed by atoms with Gasteiger partial charge in [0.05, 0.1) is 17.6 Å². The van der Waals surface area contributed by atoms with Gasteiger partial charge in [0.15, 0.2) is 0 Å². The number of aliphatic hydroxyl groups excluding tert-OH is 1. The van der Waals surface area contributed by atoms with Crippen molar-refractivity contribution in [3.8, 4) is 11.5 Å². The molecule has 1 atom stereocenters. The molecular weight excluding hydrogens is 388 g/mol. The van der Waals surface area contributed by atoms with Crippen LogP contribution in [0.3, 0.4) is 0 Å². The van der Waals surface area contributed by atoms with Gasteiger partial charge in [-0.3, -0.25) is 0 Å². The van der Waals surface area contributed by atoms with E-state index in [1.54, 1.807) is 0 Å². The van der Waals surface area contributed by atoms with Crippen molar-refractivity contribution in [1.82, 2.24) is 9.55 Å². The molecule has 0 amide bonds. The van der Waals surface area contributed by atoms with Gasteiger partial charge in [-0.15, -0.1) is 0 Å². The number of fused-ring (bicyclic) bond motifs is 1. The highest BCUT2D eigenvalue weighted by Crippen LogP contribution is 2.21. The Morgan fingerprint density at radius 2 is 1.68 bits per heavy atom. The van der Waals surface area contributed by atoms with Crippen molar-refractivity contribution >= 4 is 11.0 Å². The zero-order chi connectivity index (χ0) is 21.8. The summed E-state index contributed by atoms with van der Waals surface area (Å²) in [5.74, 6) is 2.34. The molecule has 4 rings (SSSR count). The minimum atomic E-state index is -0.683. The van der Waals surface area contributed by atoms with E-state index in [4.69, 9.17) is 14.5 Å². The number of hydrogen-bond acceptors (Lipinski definition) is 4. The summed E-state index contributed by atoms with van der Waals surface area (Å²) in [4.78, 5) is 4.73. The first-order chi connectivity index (χ1) is 15.0. The molecule has 0 bridgehead atoms. The number of benzene rings is 3. The van der Waals surface area contributed by atoms with Gasteiger partial charge in [-0.1, -0.05) is 30.3 Å². The zero-order valence-corrected chi connectivity index (χ0v) is 18.2. The predicted octanol–water partition coefficient (Wildman–Crippen LogP) is 4.98. The number of para-hydroxylation sites is 2. The van der Waals surface area contributed by atoms with Gasteiger partial charge in [0.1, 0.15) is 36.6 Å². The Balaban J connectivity index is 1.48. The Morgan fingerprint density at radius 3 is 2.48 bits per heavy atom. The Morgan fingerprint density at radius 1 is 0.871 bits per heavy atom. The van der Waals surface area contributed by atoms with Gasteiger partial charge >= 0.3 is 0 Å². The number of imidazole rings is 1. The van der Waals surface area contributed by atoms with E-state index in [0.717, 1.165) is 33.9 Å². The molecule has 0 aliphatic heterocycles. The molecule has 31 heavy (non-hydrogen) atoms. The molecule has 5 heteroatoms. The van der Waals surface area contributed by atoms with E-state index < -0.39 is 6.10 Å². The van der Waals surface area contributed by atoms with Gasteiger partial charge in [-0.25, -0.2) is 4.98 Å². The normalized spacial score (nSPS) is 12.1. The summed E-state index contributed by atoms with van der Waals surface area (Å²) in [6.07, 6.45) is -0.683. The van der Waals surface area contributed by atoms with E-state index in [1.807, 2.05) is 78.2 Å². The number of aromatic nitrogens is 2. The van der Waals surface area contributed by atoms with Crippen molar-refractivity contribution in [2.45, 2.75) is 40.0 Å². The largest absolute Gasteiger partial charge is 0.491 e. The molecule has 0 spiro atoms. The van der Waals surface area contributed by atoms with Crippen LogP contribution in [-0.4, -0.2) is 27.4 Å². The van der Waals surface area contributed by atoms with E-state index in [1.165, 1.54) is 11.1 Å². The van der Waals surface area contributed by atoms with Crippen LogP contribution in [0, 0.1) is 20.8 Å². The first-order valence-corrected chi connectivity index (χ1v) is 10.5. The smallest absolute Gasteiger partial charge is 0.148 e. The maximum atomic E-state index is 10.7. The van der Waals surface area contributed by atoms with E-state index in [9.17, 15) is 5.11 Å². The fourth-order valence-electron chi connectivity index (χ4n) is 3.55. The van der Waals surface area contributed by atoms with Gasteiger partial charge in [-0.2, -0.15) is 0 Å². The van der Waals surface area contributed by atoms with Crippen molar-refractivity contribution in [3.05, 3.63) is 89.2 Å². The van der Waals surface area contributed by atoms with Gasteiger partial charge in [0.2, 0.25) is 0 Å². The Labute approximate surface area is 182 Å². The number of aryl methyl sites for hydroxylation is 3. The van der Waals surface area contributed by atoms with E-state index in [0.29, 0.717) is 13.2 Å². The standard InChI is InChI=1S/C26H28N2O3/c1-18-7-6-8-22(13-18)31-17-26-27-24-9-4-5-10-25(24)28(26)15-21(29)16-30-23-12-11-19(2)20(3)14-23/h4-14,21,29H,15-17H2,1-3H3/t21-/m0/s1. The third-order valence-electron chi connectivity index (χ3n) is 5.41. The quantitative estimate of drug-likeness (QED) is 0.440. The van der Waals surface area contributed by atoms with Crippen LogP contribution in [-0.2, 0) is 13.2 Å². The molecule has 0 saturated carbocycles. The van der Waals surface area contributed by atoms with Gasteiger partial charge in [-0.05, 0) is 73.9 Å². The highest BCUT2D eigenvalue weighted by molar-refractivity contribution is 5.75. The highest BCUT2D eigenvalue weighted by atomic mass is 16.5. The molecule has 4 aromatic rings. The molecule has 0 aliphatic carbocycles. The summed E-state index contributed by atoms with van der Waals surface area (Å²) >= 11 is 0. The average molecular weight is 417 g/mol. The van der Waals surface area contributed by atoms with Gasteiger partial charge < -0.3 is 19.1 Å². The van der Waals surface area contributed by atoms with E-state index >= 15 is 0 Å².